The van der Waals surface area contributed by atoms with E-state index >= 15 is 0 Å². The minimum absolute atomic E-state index is 0.0111. The minimum Gasteiger partial charge on any atom is -0.495 e. The summed E-state index contributed by atoms with van der Waals surface area (Å²) in [7, 11) is 1.60. The van der Waals surface area contributed by atoms with Crippen molar-refractivity contribution >= 4 is 5.97 Å². The van der Waals surface area contributed by atoms with E-state index < -0.39 is 5.97 Å². The fraction of sp³-hybridized carbons (Fsp3) is 0.333. The molecule has 0 radical (unpaired) electrons. The van der Waals surface area contributed by atoms with Crippen LogP contribution < -0.4 is 4.74 Å². The predicted octanol–water partition coefficient (Wildman–Crippen LogP) is 2.43. The van der Waals surface area contributed by atoms with Crippen LogP contribution in [0.4, 0.5) is 0 Å². The van der Waals surface area contributed by atoms with Crippen molar-refractivity contribution < 1.29 is 14.6 Å². The number of ether oxygens (including phenoxy) is 1. The van der Waals surface area contributed by atoms with E-state index in [0.29, 0.717) is 5.75 Å². The highest BCUT2D eigenvalue weighted by Gasteiger charge is 2.14. The maximum Gasteiger partial charge on any atom is 0.307 e. The van der Waals surface area contributed by atoms with Gasteiger partial charge in [0.1, 0.15) is 11.6 Å². The van der Waals surface area contributed by atoms with Crippen molar-refractivity contribution in [3.63, 3.8) is 0 Å². The fourth-order valence-corrected chi connectivity index (χ4v) is 2.33. The van der Waals surface area contributed by atoms with Crippen LogP contribution in [0.5, 0.6) is 5.75 Å². The molecule has 2 rings (SSSR count). The lowest BCUT2D eigenvalue weighted by molar-refractivity contribution is -0.136. The Morgan fingerprint density at radius 3 is 2.55 bits per heavy atom. The predicted molar refractivity (Wildman–Crippen MR) is 75.7 cm³/mol. The summed E-state index contributed by atoms with van der Waals surface area (Å²) in [4.78, 5) is 15.3. The monoisotopic (exact) mass is 274 g/mol. The molecule has 106 valence electrons. The van der Waals surface area contributed by atoms with Crippen molar-refractivity contribution in [3.05, 3.63) is 41.0 Å². The maximum atomic E-state index is 10.9. The second kappa shape index (κ2) is 5.36. The molecular formula is C15H18N2O3. The van der Waals surface area contributed by atoms with Crippen molar-refractivity contribution in [2.45, 2.75) is 27.2 Å². The van der Waals surface area contributed by atoms with E-state index in [4.69, 9.17) is 9.84 Å². The molecule has 0 atom stereocenters. The molecule has 1 N–H and O–H groups in total. The molecular weight excluding hydrogens is 256 g/mol. The summed E-state index contributed by atoms with van der Waals surface area (Å²) in [5.41, 5.74) is 3.53. The van der Waals surface area contributed by atoms with Crippen molar-refractivity contribution in [3.8, 4) is 11.4 Å². The summed E-state index contributed by atoms with van der Waals surface area (Å²) in [5, 5.41) is 8.92. The van der Waals surface area contributed by atoms with Crippen LogP contribution in [0, 0.1) is 20.8 Å². The zero-order valence-corrected chi connectivity index (χ0v) is 12.1. The van der Waals surface area contributed by atoms with Crippen LogP contribution in [0.2, 0.25) is 0 Å². The Kier molecular flexibility index (Phi) is 3.79. The Morgan fingerprint density at radius 1 is 1.35 bits per heavy atom. The van der Waals surface area contributed by atoms with Crippen LogP contribution in [0.15, 0.2) is 18.2 Å². The zero-order chi connectivity index (χ0) is 14.9. The molecule has 20 heavy (non-hydrogen) atoms. The second-order valence-electron chi connectivity index (χ2n) is 4.74. The zero-order valence-electron chi connectivity index (χ0n) is 12.1. The Balaban J connectivity index is 2.61. The Morgan fingerprint density at radius 2 is 2.05 bits per heavy atom. The van der Waals surface area contributed by atoms with E-state index in [0.717, 1.165) is 28.5 Å². The second-order valence-corrected chi connectivity index (χ2v) is 4.74. The molecule has 0 spiro atoms. The van der Waals surface area contributed by atoms with Gasteiger partial charge < -0.3 is 9.84 Å². The number of carboxylic acid groups (broad SMARTS) is 1. The third-order valence-corrected chi connectivity index (χ3v) is 3.35. The van der Waals surface area contributed by atoms with E-state index in [1.165, 1.54) is 0 Å². The molecule has 0 amide bonds. The number of imidazole rings is 1. The lowest BCUT2D eigenvalue weighted by Gasteiger charge is -2.14. The molecule has 0 aliphatic carbocycles. The molecule has 2 aromatic rings. The van der Waals surface area contributed by atoms with Gasteiger partial charge in [0.05, 0.1) is 24.9 Å². The average Bonchev–Trinajstić information content (AvgIpc) is 2.62. The van der Waals surface area contributed by atoms with Crippen molar-refractivity contribution in [1.29, 1.82) is 0 Å². The van der Waals surface area contributed by atoms with Crippen LogP contribution in [-0.2, 0) is 11.2 Å². The molecule has 0 unspecified atom stereocenters. The Bertz CT molecular complexity index is 659. The van der Waals surface area contributed by atoms with Crippen LogP contribution >= 0.6 is 0 Å². The summed E-state index contributed by atoms with van der Waals surface area (Å²) in [6, 6.07) is 5.40. The first-order valence-corrected chi connectivity index (χ1v) is 6.35. The number of aromatic nitrogens is 2. The third kappa shape index (κ3) is 2.52. The van der Waals surface area contributed by atoms with Gasteiger partial charge in [-0.2, -0.15) is 0 Å². The van der Waals surface area contributed by atoms with Gasteiger partial charge in [0.25, 0.3) is 0 Å². The fourth-order valence-electron chi connectivity index (χ4n) is 2.33. The van der Waals surface area contributed by atoms with Crippen LogP contribution in [0.3, 0.4) is 0 Å². The molecule has 1 aromatic carbocycles. The van der Waals surface area contributed by atoms with E-state index in [1.54, 1.807) is 19.2 Å². The Hall–Kier alpha value is -2.30. The quantitative estimate of drug-likeness (QED) is 0.930. The molecule has 1 aromatic heterocycles. The van der Waals surface area contributed by atoms with Gasteiger partial charge in [-0.15, -0.1) is 0 Å². The highest BCUT2D eigenvalue weighted by Crippen LogP contribution is 2.28. The first-order chi connectivity index (χ1) is 9.43. The average molecular weight is 274 g/mol. The Labute approximate surface area is 117 Å². The molecule has 0 fully saturated rings. The third-order valence-electron chi connectivity index (χ3n) is 3.35. The number of carbonyl (C=O) groups is 1. The standard InChI is InChI=1S/C15H18N2O3/c1-9-10(2)17(11(3)16-9)13-7-12(8-15(18)19)5-6-14(13)20-4/h5-7H,8H2,1-4H3,(H,18,19). The minimum atomic E-state index is -0.851. The molecule has 0 bridgehead atoms. The van der Waals surface area contributed by atoms with Gasteiger partial charge in [0.2, 0.25) is 0 Å². The number of hydrogen-bond acceptors (Lipinski definition) is 3. The largest absolute Gasteiger partial charge is 0.495 e. The topological polar surface area (TPSA) is 64.3 Å². The number of benzene rings is 1. The van der Waals surface area contributed by atoms with Gasteiger partial charge in [-0.25, -0.2) is 4.98 Å². The van der Waals surface area contributed by atoms with Gasteiger partial charge in [-0.05, 0) is 38.5 Å². The van der Waals surface area contributed by atoms with Crippen molar-refractivity contribution in [2.24, 2.45) is 0 Å². The van der Waals surface area contributed by atoms with E-state index in [-0.39, 0.29) is 6.42 Å². The normalized spacial score (nSPS) is 10.6. The smallest absolute Gasteiger partial charge is 0.307 e. The molecule has 0 aliphatic rings. The highest BCUT2D eigenvalue weighted by atomic mass is 16.5. The summed E-state index contributed by atoms with van der Waals surface area (Å²) < 4.78 is 7.37. The number of aryl methyl sites for hydroxylation is 2. The molecule has 1 heterocycles. The van der Waals surface area contributed by atoms with Crippen molar-refractivity contribution in [2.75, 3.05) is 7.11 Å². The summed E-state index contributed by atoms with van der Waals surface area (Å²) in [6.07, 6.45) is -0.0111. The lowest BCUT2D eigenvalue weighted by atomic mass is 10.1. The van der Waals surface area contributed by atoms with Crippen LogP contribution in [0.1, 0.15) is 22.8 Å². The number of hydrogen-bond donors (Lipinski definition) is 1. The molecule has 5 nitrogen and oxygen atoms in total. The van der Waals surface area contributed by atoms with Crippen LogP contribution in [-0.4, -0.2) is 27.7 Å². The number of rotatable bonds is 4. The van der Waals surface area contributed by atoms with Crippen molar-refractivity contribution in [1.82, 2.24) is 9.55 Å². The van der Waals surface area contributed by atoms with Gasteiger partial charge in [-0.3, -0.25) is 9.36 Å². The van der Waals surface area contributed by atoms with Gasteiger partial charge in [0.15, 0.2) is 0 Å². The van der Waals surface area contributed by atoms with E-state index in [1.807, 2.05) is 31.4 Å². The number of methoxy groups -OCH3 is 1. The van der Waals surface area contributed by atoms with Gasteiger partial charge >= 0.3 is 5.97 Å². The maximum absolute atomic E-state index is 10.9. The number of carboxylic acids is 1. The van der Waals surface area contributed by atoms with Crippen LogP contribution in [0.25, 0.3) is 5.69 Å². The lowest BCUT2D eigenvalue weighted by Crippen LogP contribution is -2.05. The molecule has 0 saturated carbocycles. The van der Waals surface area contributed by atoms with E-state index in [2.05, 4.69) is 4.98 Å². The summed E-state index contributed by atoms with van der Waals surface area (Å²) in [5.74, 6) is 0.699. The molecule has 0 aliphatic heterocycles. The van der Waals surface area contributed by atoms with Gasteiger partial charge in [0, 0.05) is 5.69 Å². The van der Waals surface area contributed by atoms with Gasteiger partial charge in [-0.1, -0.05) is 6.07 Å². The first-order valence-electron chi connectivity index (χ1n) is 6.35. The molecule has 5 heteroatoms. The molecule has 0 saturated heterocycles. The first kappa shape index (κ1) is 14.1. The van der Waals surface area contributed by atoms with E-state index in [9.17, 15) is 4.79 Å². The highest BCUT2D eigenvalue weighted by molar-refractivity contribution is 5.71. The SMILES string of the molecule is COc1ccc(CC(=O)O)cc1-n1c(C)nc(C)c1C. The number of aliphatic carboxylic acids is 1. The number of nitrogens with zero attached hydrogens (tertiary/aromatic N) is 2. The summed E-state index contributed by atoms with van der Waals surface area (Å²) >= 11 is 0. The summed E-state index contributed by atoms with van der Waals surface area (Å²) in [6.45, 7) is 5.86.